The number of rotatable bonds is 5. The highest BCUT2D eigenvalue weighted by Gasteiger charge is 2.30. The molecule has 2 rings (SSSR count). The van der Waals surface area contributed by atoms with Gasteiger partial charge < -0.3 is 10.6 Å². The first-order valence-electron chi connectivity index (χ1n) is 8.03. The first-order valence-corrected chi connectivity index (χ1v) is 8.03. The summed E-state index contributed by atoms with van der Waals surface area (Å²) in [5.74, 6) is 0. The molecule has 132 valence electrons. The van der Waals surface area contributed by atoms with Crippen molar-refractivity contribution in [1.82, 2.24) is 10.3 Å². The first-order chi connectivity index (χ1) is 11.1. The number of pyridine rings is 1. The van der Waals surface area contributed by atoms with Crippen LogP contribution in [0.3, 0.4) is 0 Å². The van der Waals surface area contributed by atoms with Crippen molar-refractivity contribution < 1.29 is 13.2 Å². The smallest absolute Gasteiger partial charge is 0.384 e. The Bertz CT molecular complexity index is 703. The molecule has 24 heavy (non-hydrogen) atoms. The van der Waals surface area contributed by atoms with Crippen LogP contribution in [0.4, 0.5) is 18.9 Å². The summed E-state index contributed by atoms with van der Waals surface area (Å²) >= 11 is 0. The number of benzene rings is 1. The van der Waals surface area contributed by atoms with Crippen LogP contribution in [0.25, 0.3) is 10.9 Å². The van der Waals surface area contributed by atoms with Crippen LogP contribution in [0.15, 0.2) is 24.4 Å². The third-order valence-corrected chi connectivity index (χ3v) is 3.70. The largest absolute Gasteiger partial charge is 0.416 e. The van der Waals surface area contributed by atoms with Crippen LogP contribution < -0.4 is 10.6 Å². The second-order valence-electron chi connectivity index (χ2n) is 7.00. The highest BCUT2D eigenvalue weighted by atomic mass is 19.4. The number of fused-ring (bicyclic) bond motifs is 1. The van der Waals surface area contributed by atoms with Crippen molar-refractivity contribution in [3.8, 4) is 0 Å². The van der Waals surface area contributed by atoms with Crippen LogP contribution in [0.1, 0.15) is 38.3 Å². The van der Waals surface area contributed by atoms with Gasteiger partial charge in [0.15, 0.2) is 0 Å². The molecule has 6 heteroatoms. The van der Waals surface area contributed by atoms with E-state index in [0.29, 0.717) is 10.9 Å². The minimum atomic E-state index is -4.35. The van der Waals surface area contributed by atoms with E-state index in [1.807, 2.05) is 6.92 Å². The number of anilines is 1. The number of alkyl halides is 3. The number of aromatic nitrogens is 1. The van der Waals surface area contributed by atoms with Crippen LogP contribution in [0.2, 0.25) is 0 Å². The van der Waals surface area contributed by atoms with Crippen LogP contribution in [-0.2, 0) is 6.18 Å². The summed E-state index contributed by atoms with van der Waals surface area (Å²) in [6, 6.07) is 3.70. The van der Waals surface area contributed by atoms with E-state index in [9.17, 15) is 13.2 Å². The molecule has 0 radical (unpaired) electrons. The van der Waals surface area contributed by atoms with Gasteiger partial charge in [0.1, 0.15) is 0 Å². The lowest BCUT2D eigenvalue weighted by molar-refractivity contribution is -0.137. The predicted molar refractivity (Wildman–Crippen MR) is 92.3 cm³/mol. The molecule has 0 bridgehead atoms. The lowest BCUT2D eigenvalue weighted by atomic mass is 10.1. The summed E-state index contributed by atoms with van der Waals surface area (Å²) in [6.45, 7) is 9.85. The Labute approximate surface area is 140 Å². The lowest BCUT2D eigenvalue weighted by Gasteiger charge is -2.20. The maximum absolute atomic E-state index is 12.8. The maximum atomic E-state index is 12.8. The van der Waals surface area contributed by atoms with Gasteiger partial charge in [-0.3, -0.25) is 4.98 Å². The average molecular weight is 339 g/mol. The molecule has 1 aromatic carbocycles. The summed E-state index contributed by atoms with van der Waals surface area (Å²) in [4.78, 5) is 4.14. The zero-order chi connectivity index (χ0) is 18.0. The van der Waals surface area contributed by atoms with Gasteiger partial charge in [-0.25, -0.2) is 0 Å². The molecule has 0 fully saturated rings. The van der Waals surface area contributed by atoms with Gasteiger partial charge >= 0.3 is 6.18 Å². The van der Waals surface area contributed by atoms with E-state index < -0.39 is 11.7 Å². The summed E-state index contributed by atoms with van der Waals surface area (Å²) < 4.78 is 38.5. The molecular formula is C18H24F3N3. The Kier molecular flexibility index (Phi) is 5.38. The molecule has 0 unspecified atom stereocenters. The number of aryl methyl sites for hydroxylation is 1. The molecule has 0 saturated carbocycles. The Morgan fingerprint density at radius 1 is 1.08 bits per heavy atom. The second-order valence-corrected chi connectivity index (χ2v) is 7.00. The Morgan fingerprint density at radius 3 is 2.42 bits per heavy atom. The Morgan fingerprint density at radius 2 is 1.79 bits per heavy atom. The molecule has 0 aliphatic rings. The third kappa shape index (κ3) is 4.84. The molecule has 0 atom stereocenters. The molecule has 0 aliphatic heterocycles. The van der Waals surface area contributed by atoms with Crippen molar-refractivity contribution in [1.29, 1.82) is 0 Å². The summed E-state index contributed by atoms with van der Waals surface area (Å²) in [7, 11) is 0. The normalized spacial score (nSPS) is 12.6. The van der Waals surface area contributed by atoms with Crippen LogP contribution >= 0.6 is 0 Å². The van der Waals surface area contributed by atoms with E-state index in [4.69, 9.17) is 0 Å². The maximum Gasteiger partial charge on any atom is 0.416 e. The molecule has 1 aromatic heterocycles. The molecule has 0 amide bonds. The highest BCUT2D eigenvalue weighted by molar-refractivity contribution is 5.93. The van der Waals surface area contributed by atoms with Crippen LogP contribution in [0.5, 0.6) is 0 Å². The van der Waals surface area contributed by atoms with Crippen molar-refractivity contribution in [3.05, 3.63) is 35.5 Å². The van der Waals surface area contributed by atoms with E-state index in [1.165, 1.54) is 6.07 Å². The van der Waals surface area contributed by atoms with E-state index >= 15 is 0 Å². The van der Waals surface area contributed by atoms with Gasteiger partial charge in [-0.15, -0.1) is 0 Å². The van der Waals surface area contributed by atoms with Gasteiger partial charge in [0.25, 0.3) is 0 Å². The zero-order valence-corrected chi connectivity index (χ0v) is 14.5. The van der Waals surface area contributed by atoms with Crippen molar-refractivity contribution in [3.63, 3.8) is 0 Å². The molecule has 3 nitrogen and oxygen atoms in total. The molecule has 2 N–H and O–H groups in total. The SMILES string of the molecule is Cc1cnc2cc(C(F)(F)F)ccc2c1NCCCNC(C)(C)C. The minimum absolute atomic E-state index is 0.0767. The predicted octanol–water partition coefficient (Wildman–Crippen LogP) is 4.75. The van der Waals surface area contributed by atoms with E-state index in [-0.39, 0.29) is 5.54 Å². The van der Waals surface area contributed by atoms with Crippen molar-refractivity contribution >= 4 is 16.6 Å². The Hall–Kier alpha value is -1.82. The molecule has 0 saturated heterocycles. The van der Waals surface area contributed by atoms with Gasteiger partial charge in [-0.1, -0.05) is 6.07 Å². The number of hydrogen-bond acceptors (Lipinski definition) is 3. The minimum Gasteiger partial charge on any atom is -0.384 e. The topological polar surface area (TPSA) is 37.0 Å². The van der Waals surface area contributed by atoms with Crippen molar-refractivity contribution in [2.24, 2.45) is 0 Å². The molecule has 1 heterocycles. The quantitative estimate of drug-likeness (QED) is 0.772. The third-order valence-electron chi connectivity index (χ3n) is 3.70. The molecular weight excluding hydrogens is 315 g/mol. The van der Waals surface area contributed by atoms with E-state index in [2.05, 4.69) is 36.4 Å². The van der Waals surface area contributed by atoms with Gasteiger partial charge in [0.05, 0.1) is 11.1 Å². The summed E-state index contributed by atoms with van der Waals surface area (Å²) in [6.07, 6.45) is -1.83. The number of hydrogen-bond donors (Lipinski definition) is 2. The van der Waals surface area contributed by atoms with E-state index in [1.54, 1.807) is 6.20 Å². The highest BCUT2D eigenvalue weighted by Crippen LogP contribution is 2.33. The molecule has 0 spiro atoms. The average Bonchev–Trinajstić information content (AvgIpc) is 2.46. The van der Waals surface area contributed by atoms with Gasteiger partial charge in [-0.2, -0.15) is 13.2 Å². The monoisotopic (exact) mass is 339 g/mol. The van der Waals surface area contributed by atoms with Gasteiger partial charge in [-0.05, 0) is 58.4 Å². The summed E-state index contributed by atoms with van der Waals surface area (Å²) in [5, 5.41) is 7.46. The van der Waals surface area contributed by atoms with Gasteiger partial charge in [0, 0.05) is 29.4 Å². The van der Waals surface area contributed by atoms with Crippen molar-refractivity contribution in [2.75, 3.05) is 18.4 Å². The van der Waals surface area contributed by atoms with E-state index in [0.717, 1.165) is 42.9 Å². The fourth-order valence-electron chi connectivity index (χ4n) is 2.47. The zero-order valence-electron chi connectivity index (χ0n) is 14.5. The molecule has 2 aromatic rings. The Balaban J connectivity index is 2.13. The van der Waals surface area contributed by atoms with Crippen LogP contribution in [0, 0.1) is 6.92 Å². The lowest BCUT2D eigenvalue weighted by Crippen LogP contribution is -2.36. The number of halogens is 3. The van der Waals surface area contributed by atoms with Crippen molar-refractivity contribution in [2.45, 2.75) is 45.8 Å². The first kappa shape index (κ1) is 18.5. The fraction of sp³-hybridized carbons (Fsp3) is 0.500. The second kappa shape index (κ2) is 6.97. The fourth-order valence-corrected chi connectivity index (χ4v) is 2.47. The number of nitrogens with zero attached hydrogens (tertiary/aromatic N) is 1. The number of nitrogens with one attached hydrogen (secondary N) is 2. The summed E-state index contributed by atoms with van der Waals surface area (Å²) in [5.41, 5.74) is 1.53. The van der Waals surface area contributed by atoms with Crippen LogP contribution in [-0.4, -0.2) is 23.6 Å². The van der Waals surface area contributed by atoms with Gasteiger partial charge in [0.2, 0.25) is 0 Å². The standard InChI is InChI=1S/C18H24F3N3/c1-12-11-23-15-10-13(18(19,20)21)6-7-14(15)16(12)22-8-5-9-24-17(2,3)4/h6-7,10-11,24H,5,8-9H2,1-4H3,(H,22,23). The molecule has 0 aliphatic carbocycles.